The number of carbonyl (C=O) groups excluding carboxylic acids is 2. The van der Waals surface area contributed by atoms with Crippen molar-refractivity contribution < 1.29 is 18.4 Å². The van der Waals surface area contributed by atoms with Crippen LogP contribution in [0.4, 0.5) is 8.78 Å². The van der Waals surface area contributed by atoms with Crippen LogP contribution in [0.5, 0.6) is 0 Å². The molecule has 0 heterocycles. The molecule has 1 aromatic rings. The number of halogens is 3. The van der Waals surface area contributed by atoms with Crippen LogP contribution < -0.4 is 11.1 Å². The van der Waals surface area contributed by atoms with Crippen LogP contribution in [0.2, 0.25) is 0 Å². The van der Waals surface area contributed by atoms with Crippen LogP contribution in [0.1, 0.15) is 30.1 Å². The Labute approximate surface area is 122 Å². The molecule has 0 aliphatic rings. The van der Waals surface area contributed by atoms with E-state index in [-0.39, 0.29) is 42.8 Å². The molecule has 0 saturated carbocycles. The summed E-state index contributed by atoms with van der Waals surface area (Å²) >= 11 is 0. The van der Waals surface area contributed by atoms with Gasteiger partial charge in [0.15, 0.2) is 5.78 Å². The maximum atomic E-state index is 13.3. The first-order chi connectivity index (χ1) is 8.93. The van der Waals surface area contributed by atoms with Crippen molar-refractivity contribution in [3.63, 3.8) is 0 Å². The predicted octanol–water partition coefficient (Wildman–Crippen LogP) is 1.81. The van der Waals surface area contributed by atoms with Crippen molar-refractivity contribution in [2.45, 2.75) is 25.8 Å². The van der Waals surface area contributed by atoms with Crippen molar-refractivity contribution >= 4 is 24.1 Å². The number of rotatable bonds is 6. The Morgan fingerprint density at radius 2 is 1.95 bits per heavy atom. The predicted molar refractivity (Wildman–Crippen MR) is 73.8 cm³/mol. The van der Waals surface area contributed by atoms with Crippen LogP contribution in [0.25, 0.3) is 0 Å². The Kier molecular flexibility index (Phi) is 7.94. The third-order valence-corrected chi connectivity index (χ3v) is 2.57. The highest BCUT2D eigenvalue weighted by molar-refractivity contribution is 5.98. The van der Waals surface area contributed by atoms with E-state index in [1.807, 2.05) is 0 Å². The minimum atomic E-state index is -0.916. The molecule has 1 rings (SSSR count). The molecule has 4 nitrogen and oxygen atoms in total. The Bertz CT molecular complexity index is 483. The molecule has 0 bridgehead atoms. The monoisotopic (exact) mass is 306 g/mol. The lowest BCUT2D eigenvalue weighted by atomic mass is 10.1. The first-order valence-corrected chi connectivity index (χ1v) is 5.91. The van der Waals surface area contributed by atoms with Gasteiger partial charge in [0.25, 0.3) is 0 Å². The molecule has 0 spiro atoms. The molecule has 1 atom stereocenters. The second-order valence-corrected chi connectivity index (χ2v) is 4.25. The van der Waals surface area contributed by atoms with Gasteiger partial charge in [-0.25, -0.2) is 8.78 Å². The first-order valence-electron chi connectivity index (χ1n) is 5.91. The van der Waals surface area contributed by atoms with E-state index in [1.165, 1.54) is 0 Å². The van der Waals surface area contributed by atoms with Crippen molar-refractivity contribution in [2.24, 2.45) is 5.73 Å². The zero-order valence-corrected chi connectivity index (χ0v) is 11.8. The van der Waals surface area contributed by atoms with Gasteiger partial charge in [0, 0.05) is 31.5 Å². The minimum absolute atomic E-state index is 0. The fourth-order valence-electron chi connectivity index (χ4n) is 1.48. The summed E-state index contributed by atoms with van der Waals surface area (Å²) in [6.45, 7) is 2.03. The van der Waals surface area contributed by atoms with Crippen molar-refractivity contribution in [2.75, 3.05) is 6.54 Å². The zero-order valence-electron chi connectivity index (χ0n) is 11.0. The summed E-state index contributed by atoms with van der Waals surface area (Å²) in [5.74, 6) is -2.52. The molecule has 7 heteroatoms. The SMILES string of the molecule is C[C@@H](CN)NC(=O)CCC(=O)c1ccc(F)cc1F.Cl. The topological polar surface area (TPSA) is 72.2 Å². The highest BCUT2D eigenvalue weighted by atomic mass is 35.5. The lowest BCUT2D eigenvalue weighted by Gasteiger charge is -2.10. The second kappa shape index (κ2) is 8.60. The summed E-state index contributed by atoms with van der Waals surface area (Å²) in [6.07, 6.45) is -0.189. The largest absolute Gasteiger partial charge is 0.352 e. The van der Waals surface area contributed by atoms with Crippen molar-refractivity contribution in [1.29, 1.82) is 0 Å². The van der Waals surface area contributed by atoms with Gasteiger partial charge in [0.1, 0.15) is 11.6 Å². The Morgan fingerprint density at radius 3 is 2.50 bits per heavy atom. The molecule has 0 aliphatic carbocycles. The summed E-state index contributed by atoms with van der Waals surface area (Å²) in [5, 5.41) is 2.59. The van der Waals surface area contributed by atoms with Crippen LogP contribution in [0.15, 0.2) is 18.2 Å². The normalized spacial score (nSPS) is 11.4. The molecule has 0 unspecified atom stereocenters. The third-order valence-electron chi connectivity index (χ3n) is 2.57. The molecule has 0 aliphatic heterocycles. The first kappa shape index (κ1) is 18.5. The van der Waals surface area contributed by atoms with Gasteiger partial charge in [-0.3, -0.25) is 9.59 Å². The maximum absolute atomic E-state index is 13.3. The van der Waals surface area contributed by atoms with Gasteiger partial charge in [0.2, 0.25) is 5.91 Å². The molecule has 0 saturated heterocycles. The van der Waals surface area contributed by atoms with E-state index in [0.717, 1.165) is 12.1 Å². The number of hydrogen-bond acceptors (Lipinski definition) is 3. The zero-order chi connectivity index (χ0) is 14.4. The van der Waals surface area contributed by atoms with E-state index < -0.39 is 17.4 Å². The molecular formula is C13H17ClF2N2O2. The summed E-state index contributed by atoms with van der Waals surface area (Å²) < 4.78 is 26.0. The lowest BCUT2D eigenvalue weighted by Crippen LogP contribution is -2.37. The number of Topliss-reactive ketones (excluding diaryl/α,β-unsaturated/α-hetero) is 1. The van der Waals surface area contributed by atoms with E-state index in [2.05, 4.69) is 5.32 Å². The smallest absolute Gasteiger partial charge is 0.220 e. The number of nitrogens with one attached hydrogen (secondary N) is 1. The van der Waals surface area contributed by atoms with Crippen LogP contribution in [-0.2, 0) is 4.79 Å². The summed E-state index contributed by atoms with van der Waals surface area (Å²) in [7, 11) is 0. The van der Waals surface area contributed by atoms with Crippen molar-refractivity contribution in [3.05, 3.63) is 35.4 Å². The number of ketones is 1. The van der Waals surface area contributed by atoms with Crippen LogP contribution in [-0.4, -0.2) is 24.3 Å². The second-order valence-electron chi connectivity index (χ2n) is 4.25. The Morgan fingerprint density at radius 1 is 1.30 bits per heavy atom. The standard InChI is InChI=1S/C13H16F2N2O2.ClH/c1-8(7-16)17-13(19)5-4-12(18)10-3-2-9(14)6-11(10)15;/h2-3,6,8H,4-5,7,16H2,1H3,(H,17,19);1H/t8-;/m0./s1. The van der Waals surface area contributed by atoms with Gasteiger partial charge < -0.3 is 11.1 Å². The van der Waals surface area contributed by atoms with Crippen molar-refractivity contribution in [1.82, 2.24) is 5.32 Å². The third kappa shape index (κ3) is 5.63. The minimum Gasteiger partial charge on any atom is -0.352 e. The van der Waals surface area contributed by atoms with Gasteiger partial charge in [-0.1, -0.05) is 0 Å². The highest BCUT2D eigenvalue weighted by Gasteiger charge is 2.14. The Hall–Kier alpha value is -1.53. The van der Waals surface area contributed by atoms with E-state index in [9.17, 15) is 18.4 Å². The molecule has 0 fully saturated rings. The van der Waals surface area contributed by atoms with Crippen LogP contribution >= 0.6 is 12.4 Å². The number of nitrogens with two attached hydrogens (primary N) is 1. The Balaban J connectivity index is 0.00000361. The highest BCUT2D eigenvalue weighted by Crippen LogP contribution is 2.12. The summed E-state index contributed by atoms with van der Waals surface area (Å²) in [6, 6.07) is 2.55. The summed E-state index contributed by atoms with van der Waals surface area (Å²) in [5.41, 5.74) is 5.13. The average Bonchev–Trinajstić information content (AvgIpc) is 2.35. The fourth-order valence-corrected chi connectivity index (χ4v) is 1.48. The number of amides is 1. The molecular weight excluding hydrogens is 290 g/mol. The van der Waals surface area contributed by atoms with Gasteiger partial charge >= 0.3 is 0 Å². The van der Waals surface area contributed by atoms with Gasteiger partial charge in [-0.05, 0) is 19.1 Å². The van der Waals surface area contributed by atoms with Gasteiger partial charge in [-0.15, -0.1) is 12.4 Å². The van der Waals surface area contributed by atoms with Crippen molar-refractivity contribution in [3.8, 4) is 0 Å². The van der Waals surface area contributed by atoms with E-state index in [1.54, 1.807) is 6.92 Å². The fraction of sp³-hybridized carbons (Fsp3) is 0.385. The summed E-state index contributed by atoms with van der Waals surface area (Å²) in [4.78, 5) is 23.1. The van der Waals surface area contributed by atoms with Gasteiger partial charge in [-0.2, -0.15) is 0 Å². The number of carbonyl (C=O) groups is 2. The molecule has 1 amide bonds. The molecule has 20 heavy (non-hydrogen) atoms. The van der Waals surface area contributed by atoms with E-state index >= 15 is 0 Å². The molecule has 1 aromatic carbocycles. The molecule has 3 N–H and O–H groups in total. The lowest BCUT2D eigenvalue weighted by molar-refractivity contribution is -0.121. The van der Waals surface area contributed by atoms with E-state index in [0.29, 0.717) is 12.6 Å². The number of hydrogen-bond donors (Lipinski definition) is 2. The molecule has 0 radical (unpaired) electrons. The van der Waals surface area contributed by atoms with E-state index in [4.69, 9.17) is 5.73 Å². The maximum Gasteiger partial charge on any atom is 0.220 e. The van der Waals surface area contributed by atoms with Crippen LogP contribution in [0.3, 0.4) is 0 Å². The van der Waals surface area contributed by atoms with Crippen LogP contribution in [0, 0.1) is 11.6 Å². The number of benzene rings is 1. The molecule has 0 aromatic heterocycles. The van der Waals surface area contributed by atoms with Gasteiger partial charge in [0.05, 0.1) is 5.56 Å². The average molecular weight is 307 g/mol. The quantitative estimate of drug-likeness (QED) is 0.787. The molecule has 112 valence electrons.